The number of carbonyl (C=O) groups is 1. The molecule has 0 bridgehead atoms. The molecule has 0 aliphatic heterocycles. The van der Waals surface area contributed by atoms with Gasteiger partial charge in [-0.05, 0) is 67.6 Å². The first-order valence-electron chi connectivity index (χ1n) is 12.8. The zero-order chi connectivity index (χ0) is 26.5. The van der Waals surface area contributed by atoms with Gasteiger partial charge in [-0.25, -0.2) is 4.98 Å². The van der Waals surface area contributed by atoms with Crippen molar-refractivity contribution in [3.05, 3.63) is 100 Å². The van der Waals surface area contributed by atoms with Crippen molar-refractivity contribution < 1.29 is 9.53 Å². The molecule has 1 atom stereocenters. The summed E-state index contributed by atoms with van der Waals surface area (Å²) in [5, 5.41) is 0.556. The van der Waals surface area contributed by atoms with Gasteiger partial charge in [0.25, 0.3) is 5.56 Å². The van der Waals surface area contributed by atoms with E-state index in [4.69, 9.17) is 9.72 Å². The van der Waals surface area contributed by atoms with Gasteiger partial charge in [-0.15, -0.1) is 0 Å². The fraction of sp³-hybridized carbons (Fsp3) is 0.323. The Morgan fingerprint density at radius 3 is 2.32 bits per heavy atom. The third kappa shape index (κ3) is 5.74. The van der Waals surface area contributed by atoms with E-state index in [1.165, 1.54) is 0 Å². The van der Waals surface area contributed by atoms with Crippen LogP contribution in [0.2, 0.25) is 0 Å². The Labute approximate surface area is 218 Å². The molecule has 4 rings (SSSR count). The predicted octanol–water partition coefficient (Wildman–Crippen LogP) is 5.88. The van der Waals surface area contributed by atoms with Gasteiger partial charge in [-0.3, -0.25) is 14.2 Å². The molecule has 0 radical (unpaired) electrons. The molecule has 0 fully saturated rings. The Hall–Kier alpha value is -3.93. The molecule has 192 valence electrons. The lowest BCUT2D eigenvalue weighted by Gasteiger charge is -2.31. The first-order valence-corrected chi connectivity index (χ1v) is 12.8. The third-order valence-corrected chi connectivity index (χ3v) is 6.78. The molecule has 1 unspecified atom stereocenters. The van der Waals surface area contributed by atoms with Gasteiger partial charge in [-0.1, -0.05) is 56.3 Å². The molecule has 3 aromatic carbocycles. The summed E-state index contributed by atoms with van der Waals surface area (Å²) in [6.07, 6.45) is 1.11. The second-order valence-corrected chi connectivity index (χ2v) is 9.88. The van der Waals surface area contributed by atoms with Crippen molar-refractivity contribution in [3.63, 3.8) is 0 Å². The number of fused-ring (bicyclic) bond motifs is 1. The smallest absolute Gasteiger partial charge is 0.266 e. The Balaban J connectivity index is 1.81. The fourth-order valence-electron chi connectivity index (χ4n) is 4.57. The highest BCUT2D eigenvalue weighted by molar-refractivity contribution is 5.80. The molecular formula is C31H35N3O3. The van der Waals surface area contributed by atoms with Gasteiger partial charge in [0.15, 0.2) is 0 Å². The number of benzene rings is 3. The lowest BCUT2D eigenvalue weighted by Crippen LogP contribution is -2.39. The van der Waals surface area contributed by atoms with Gasteiger partial charge in [0, 0.05) is 6.54 Å². The van der Waals surface area contributed by atoms with Crippen LogP contribution in [0.4, 0.5) is 0 Å². The number of rotatable bonds is 9. The normalized spacial score (nSPS) is 12.1. The number of hydrogen-bond acceptors (Lipinski definition) is 4. The molecule has 0 aliphatic rings. The predicted molar refractivity (Wildman–Crippen MR) is 148 cm³/mol. The first kappa shape index (κ1) is 26.1. The lowest BCUT2D eigenvalue weighted by molar-refractivity contribution is -0.133. The standard InChI is InChI=1S/C31H35N3O3/c1-21(2)18-19-33(29(35)20-24-14-16-25(37-5)17-15-24)23(4)30-32-27-12-8-7-11-26(27)31(36)34(30)28-13-9-6-10-22(28)3/h6-17,21,23H,18-20H2,1-5H3. The van der Waals surface area contributed by atoms with Crippen molar-refractivity contribution in [1.29, 1.82) is 0 Å². The maximum absolute atomic E-state index is 13.8. The lowest BCUT2D eigenvalue weighted by atomic mass is 10.1. The summed E-state index contributed by atoms with van der Waals surface area (Å²) in [4.78, 5) is 34.4. The van der Waals surface area contributed by atoms with Crippen LogP contribution in [0.5, 0.6) is 5.75 Å². The highest BCUT2D eigenvalue weighted by Gasteiger charge is 2.27. The van der Waals surface area contributed by atoms with Crippen LogP contribution in [0.15, 0.2) is 77.6 Å². The Kier molecular flexibility index (Phi) is 8.07. The van der Waals surface area contributed by atoms with E-state index in [0.29, 0.717) is 29.2 Å². The van der Waals surface area contributed by atoms with Gasteiger partial charge < -0.3 is 9.64 Å². The van der Waals surface area contributed by atoms with Gasteiger partial charge >= 0.3 is 0 Å². The number of nitrogens with zero attached hydrogens (tertiary/aromatic N) is 3. The number of methoxy groups -OCH3 is 1. The number of aryl methyl sites for hydroxylation is 1. The van der Waals surface area contributed by atoms with E-state index in [1.54, 1.807) is 17.7 Å². The van der Waals surface area contributed by atoms with E-state index in [1.807, 2.05) is 85.5 Å². The number of amides is 1. The average Bonchev–Trinajstić information content (AvgIpc) is 2.89. The molecule has 1 heterocycles. The van der Waals surface area contributed by atoms with Crippen molar-refractivity contribution in [3.8, 4) is 11.4 Å². The zero-order valence-electron chi connectivity index (χ0n) is 22.3. The van der Waals surface area contributed by atoms with Gasteiger partial charge in [0.2, 0.25) is 5.91 Å². The van der Waals surface area contributed by atoms with Gasteiger partial charge in [-0.2, -0.15) is 0 Å². The Bertz CT molecular complexity index is 1440. The second kappa shape index (κ2) is 11.4. The molecule has 0 saturated heterocycles. The minimum atomic E-state index is -0.415. The number of para-hydroxylation sites is 2. The average molecular weight is 498 g/mol. The molecule has 0 N–H and O–H groups in total. The van der Waals surface area contributed by atoms with Crippen LogP contribution in [-0.4, -0.2) is 34.0 Å². The van der Waals surface area contributed by atoms with Crippen LogP contribution in [0.3, 0.4) is 0 Å². The van der Waals surface area contributed by atoms with Crippen molar-refractivity contribution >= 4 is 16.8 Å². The van der Waals surface area contributed by atoms with E-state index < -0.39 is 6.04 Å². The van der Waals surface area contributed by atoms with Crippen molar-refractivity contribution in [2.24, 2.45) is 5.92 Å². The minimum absolute atomic E-state index is 0.00272. The third-order valence-electron chi connectivity index (χ3n) is 6.78. The quantitative estimate of drug-likeness (QED) is 0.290. The number of aromatic nitrogens is 2. The zero-order valence-corrected chi connectivity index (χ0v) is 22.3. The van der Waals surface area contributed by atoms with Crippen molar-refractivity contribution in [2.45, 2.75) is 46.6 Å². The van der Waals surface area contributed by atoms with E-state index >= 15 is 0 Å². The van der Waals surface area contributed by atoms with E-state index in [-0.39, 0.29) is 17.9 Å². The molecule has 1 amide bonds. The van der Waals surface area contributed by atoms with Crippen LogP contribution in [0.1, 0.15) is 50.2 Å². The topological polar surface area (TPSA) is 64.4 Å². The van der Waals surface area contributed by atoms with Crippen LogP contribution in [-0.2, 0) is 11.2 Å². The first-order chi connectivity index (χ1) is 17.8. The molecule has 4 aromatic rings. The molecule has 0 aliphatic carbocycles. The minimum Gasteiger partial charge on any atom is -0.497 e. The molecular weight excluding hydrogens is 462 g/mol. The number of hydrogen-bond donors (Lipinski definition) is 0. The second-order valence-electron chi connectivity index (χ2n) is 9.88. The fourth-order valence-corrected chi connectivity index (χ4v) is 4.57. The van der Waals surface area contributed by atoms with Gasteiger partial charge in [0.05, 0.1) is 36.2 Å². The van der Waals surface area contributed by atoms with E-state index in [9.17, 15) is 9.59 Å². The summed E-state index contributed by atoms with van der Waals surface area (Å²) in [5.74, 6) is 1.73. The SMILES string of the molecule is COc1ccc(CC(=O)N(CCC(C)C)C(C)c2nc3ccccc3c(=O)n2-c2ccccc2C)cc1. The summed E-state index contributed by atoms with van der Waals surface area (Å²) in [5.41, 5.74) is 3.15. The molecule has 6 heteroatoms. The highest BCUT2D eigenvalue weighted by atomic mass is 16.5. The van der Waals surface area contributed by atoms with Crippen LogP contribution >= 0.6 is 0 Å². The summed E-state index contributed by atoms with van der Waals surface area (Å²) in [6.45, 7) is 8.82. The maximum Gasteiger partial charge on any atom is 0.266 e. The Morgan fingerprint density at radius 1 is 0.973 bits per heavy atom. The molecule has 0 saturated carbocycles. The molecule has 6 nitrogen and oxygen atoms in total. The van der Waals surface area contributed by atoms with Crippen LogP contribution in [0.25, 0.3) is 16.6 Å². The largest absolute Gasteiger partial charge is 0.497 e. The van der Waals surface area contributed by atoms with Crippen LogP contribution < -0.4 is 10.3 Å². The molecule has 1 aromatic heterocycles. The molecule has 37 heavy (non-hydrogen) atoms. The Morgan fingerprint density at radius 2 is 1.65 bits per heavy atom. The number of ether oxygens (including phenoxy) is 1. The summed E-state index contributed by atoms with van der Waals surface area (Å²) >= 11 is 0. The molecule has 0 spiro atoms. The maximum atomic E-state index is 13.8. The summed E-state index contributed by atoms with van der Waals surface area (Å²) < 4.78 is 6.94. The van der Waals surface area contributed by atoms with E-state index in [0.717, 1.165) is 29.0 Å². The summed E-state index contributed by atoms with van der Waals surface area (Å²) in [7, 11) is 1.63. The monoisotopic (exact) mass is 497 g/mol. The van der Waals surface area contributed by atoms with E-state index in [2.05, 4.69) is 13.8 Å². The van der Waals surface area contributed by atoms with Crippen molar-refractivity contribution in [1.82, 2.24) is 14.5 Å². The number of carbonyl (C=O) groups excluding carboxylic acids is 1. The van der Waals surface area contributed by atoms with Gasteiger partial charge in [0.1, 0.15) is 11.6 Å². The summed E-state index contributed by atoms with van der Waals surface area (Å²) in [6, 6.07) is 22.3. The van der Waals surface area contributed by atoms with Crippen molar-refractivity contribution in [2.75, 3.05) is 13.7 Å². The van der Waals surface area contributed by atoms with Crippen LogP contribution in [0, 0.1) is 12.8 Å². The highest BCUT2D eigenvalue weighted by Crippen LogP contribution is 2.26.